The first-order chi connectivity index (χ1) is 9.54. The third-order valence-electron chi connectivity index (χ3n) is 3.22. The summed E-state index contributed by atoms with van der Waals surface area (Å²) in [5.41, 5.74) is 0. The van der Waals surface area contributed by atoms with E-state index in [-0.39, 0.29) is 18.1 Å². The molecule has 0 bridgehead atoms. The third-order valence-corrected chi connectivity index (χ3v) is 3.22. The van der Waals surface area contributed by atoms with Crippen LogP contribution in [0.2, 0.25) is 0 Å². The molecular formula is C14H17F2NO3. The van der Waals surface area contributed by atoms with Gasteiger partial charge in [0, 0.05) is 38.5 Å². The number of β-amino-alcohol motifs (C(OH)–C–C–N with tert-alkyl or cyclic N) is 1. The zero-order valence-corrected chi connectivity index (χ0v) is 11.0. The van der Waals surface area contributed by atoms with Crippen molar-refractivity contribution < 1.29 is 23.4 Å². The van der Waals surface area contributed by atoms with Crippen molar-refractivity contribution in [2.75, 3.05) is 26.2 Å². The highest BCUT2D eigenvalue weighted by atomic mass is 19.2. The van der Waals surface area contributed by atoms with Crippen molar-refractivity contribution in [1.29, 1.82) is 0 Å². The molecular weight excluding hydrogens is 268 g/mol. The van der Waals surface area contributed by atoms with Gasteiger partial charge in [0.05, 0.1) is 0 Å². The number of aliphatic hydroxyl groups is 1. The molecule has 0 amide bonds. The number of carbonyl (C=O) groups excluding carboxylic acids is 1. The molecule has 1 heterocycles. The van der Waals surface area contributed by atoms with E-state index in [2.05, 4.69) is 0 Å². The molecule has 0 aliphatic carbocycles. The topological polar surface area (TPSA) is 49.8 Å². The number of Topliss-reactive ketones (excluding diaryl/α,β-unsaturated/α-hetero) is 1. The summed E-state index contributed by atoms with van der Waals surface area (Å²) in [6.45, 7) is 1.68. The lowest BCUT2D eigenvalue weighted by Crippen LogP contribution is -2.40. The number of ether oxygens (including phenoxy) is 1. The largest absolute Gasteiger partial charge is 0.491 e. The second-order valence-electron chi connectivity index (χ2n) is 4.88. The highest BCUT2D eigenvalue weighted by Gasteiger charge is 2.19. The quantitative estimate of drug-likeness (QED) is 0.887. The zero-order chi connectivity index (χ0) is 14.5. The maximum atomic E-state index is 13.0. The van der Waals surface area contributed by atoms with Crippen molar-refractivity contribution in [3.05, 3.63) is 29.8 Å². The number of nitrogens with zero attached hydrogens (tertiary/aromatic N) is 1. The first-order valence-electron chi connectivity index (χ1n) is 6.54. The fourth-order valence-corrected chi connectivity index (χ4v) is 2.09. The van der Waals surface area contributed by atoms with Gasteiger partial charge in [-0.15, -0.1) is 0 Å². The van der Waals surface area contributed by atoms with E-state index < -0.39 is 17.7 Å². The molecule has 1 aliphatic heterocycles. The van der Waals surface area contributed by atoms with Crippen LogP contribution in [0.4, 0.5) is 8.78 Å². The van der Waals surface area contributed by atoms with Crippen molar-refractivity contribution in [2.24, 2.45) is 0 Å². The molecule has 2 rings (SSSR count). The van der Waals surface area contributed by atoms with Crippen LogP contribution in [0, 0.1) is 11.6 Å². The molecule has 4 nitrogen and oxygen atoms in total. The van der Waals surface area contributed by atoms with E-state index in [1.54, 1.807) is 0 Å². The van der Waals surface area contributed by atoms with Crippen molar-refractivity contribution in [1.82, 2.24) is 4.90 Å². The van der Waals surface area contributed by atoms with Gasteiger partial charge in [-0.25, -0.2) is 8.78 Å². The summed E-state index contributed by atoms with van der Waals surface area (Å²) in [4.78, 5) is 13.1. The van der Waals surface area contributed by atoms with Gasteiger partial charge in [0.25, 0.3) is 0 Å². The Morgan fingerprint density at radius 2 is 1.95 bits per heavy atom. The van der Waals surface area contributed by atoms with Gasteiger partial charge in [0.2, 0.25) is 0 Å². The normalized spacial score (nSPS) is 18.1. The lowest BCUT2D eigenvalue weighted by molar-refractivity contribution is -0.121. The molecule has 1 N–H and O–H groups in total. The minimum atomic E-state index is -0.980. The summed E-state index contributed by atoms with van der Waals surface area (Å²) in [6, 6.07) is 3.24. The summed E-state index contributed by atoms with van der Waals surface area (Å²) < 4.78 is 30.9. The molecule has 0 radical (unpaired) electrons. The van der Waals surface area contributed by atoms with Crippen LogP contribution in [-0.2, 0) is 4.79 Å². The molecule has 1 saturated heterocycles. The van der Waals surface area contributed by atoms with Crippen molar-refractivity contribution in [3.8, 4) is 5.75 Å². The number of halogens is 2. The summed E-state index contributed by atoms with van der Waals surface area (Å²) in [5.74, 6) is -1.49. The number of piperidine rings is 1. The molecule has 0 saturated carbocycles. The Labute approximate surface area is 116 Å². The van der Waals surface area contributed by atoms with E-state index in [0.717, 1.165) is 12.1 Å². The van der Waals surface area contributed by atoms with Crippen LogP contribution in [0.5, 0.6) is 5.75 Å². The summed E-state index contributed by atoms with van der Waals surface area (Å²) in [7, 11) is 0. The van der Waals surface area contributed by atoms with Crippen molar-refractivity contribution >= 4 is 5.78 Å². The van der Waals surface area contributed by atoms with Crippen LogP contribution in [0.3, 0.4) is 0 Å². The Kier molecular flexibility index (Phi) is 5.03. The number of hydrogen-bond acceptors (Lipinski definition) is 4. The maximum absolute atomic E-state index is 13.0. The molecule has 1 fully saturated rings. The lowest BCUT2D eigenvalue weighted by Gasteiger charge is -2.27. The fraction of sp³-hybridized carbons (Fsp3) is 0.500. The molecule has 0 spiro atoms. The smallest absolute Gasteiger partial charge is 0.162 e. The molecule has 1 aromatic carbocycles. The second kappa shape index (κ2) is 6.76. The highest BCUT2D eigenvalue weighted by Crippen LogP contribution is 2.15. The maximum Gasteiger partial charge on any atom is 0.162 e. The molecule has 0 aromatic heterocycles. The van der Waals surface area contributed by atoms with E-state index in [9.17, 15) is 18.7 Å². The Morgan fingerprint density at radius 3 is 2.60 bits per heavy atom. The minimum absolute atomic E-state index is 0.00445. The molecule has 20 heavy (non-hydrogen) atoms. The number of aliphatic hydroxyl groups excluding tert-OH is 1. The minimum Gasteiger partial charge on any atom is -0.491 e. The average molecular weight is 285 g/mol. The summed E-state index contributed by atoms with van der Waals surface area (Å²) in [6.07, 6.45) is 0.282. The van der Waals surface area contributed by atoms with Gasteiger partial charge in [-0.05, 0) is 12.1 Å². The zero-order valence-electron chi connectivity index (χ0n) is 11.0. The van der Waals surface area contributed by atoms with E-state index in [0.29, 0.717) is 32.5 Å². The SMILES string of the molecule is O=C1CCN(CC(O)COc2ccc(F)c(F)c2)CC1. The van der Waals surface area contributed by atoms with E-state index in [4.69, 9.17) is 4.74 Å². The fourth-order valence-electron chi connectivity index (χ4n) is 2.09. The van der Waals surface area contributed by atoms with Crippen LogP contribution in [0.1, 0.15) is 12.8 Å². The monoisotopic (exact) mass is 285 g/mol. The third kappa shape index (κ3) is 4.25. The Bertz CT molecular complexity index is 471. The number of rotatable bonds is 5. The van der Waals surface area contributed by atoms with Crippen LogP contribution in [-0.4, -0.2) is 48.1 Å². The van der Waals surface area contributed by atoms with Gasteiger partial charge in [-0.2, -0.15) is 0 Å². The summed E-state index contributed by atoms with van der Waals surface area (Å²) in [5, 5.41) is 9.83. The molecule has 1 aliphatic rings. The highest BCUT2D eigenvalue weighted by molar-refractivity contribution is 5.79. The number of benzene rings is 1. The van der Waals surface area contributed by atoms with Crippen molar-refractivity contribution in [2.45, 2.75) is 18.9 Å². The van der Waals surface area contributed by atoms with Gasteiger partial charge in [0.15, 0.2) is 11.6 Å². The van der Waals surface area contributed by atoms with E-state index in [1.165, 1.54) is 6.07 Å². The molecule has 110 valence electrons. The van der Waals surface area contributed by atoms with E-state index >= 15 is 0 Å². The van der Waals surface area contributed by atoms with E-state index in [1.807, 2.05) is 4.90 Å². The summed E-state index contributed by atoms with van der Waals surface area (Å²) >= 11 is 0. The van der Waals surface area contributed by atoms with Crippen LogP contribution in [0.25, 0.3) is 0 Å². The molecule has 6 heteroatoms. The van der Waals surface area contributed by atoms with Gasteiger partial charge in [0.1, 0.15) is 24.2 Å². The molecule has 1 atom stereocenters. The predicted molar refractivity (Wildman–Crippen MR) is 68.5 cm³/mol. The van der Waals surface area contributed by atoms with Gasteiger partial charge >= 0.3 is 0 Å². The molecule has 1 aromatic rings. The Balaban J connectivity index is 1.75. The first-order valence-corrected chi connectivity index (χ1v) is 6.54. The Morgan fingerprint density at radius 1 is 1.25 bits per heavy atom. The van der Waals surface area contributed by atoms with Gasteiger partial charge in [-0.3, -0.25) is 9.69 Å². The van der Waals surface area contributed by atoms with Crippen LogP contribution < -0.4 is 4.74 Å². The number of hydrogen-bond donors (Lipinski definition) is 1. The first kappa shape index (κ1) is 14.9. The standard InChI is InChI=1S/C14H17F2NO3/c15-13-2-1-12(7-14(13)16)20-9-11(19)8-17-5-3-10(18)4-6-17/h1-2,7,11,19H,3-6,8-9H2. The predicted octanol–water partition coefficient (Wildman–Crippen LogP) is 1.37. The lowest BCUT2D eigenvalue weighted by atomic mass is 10.1. The second-order valence-corrected chi connectivity index (χ2v) is 4.88. The van der Waals surface area contributed by atoms with Crippen LogP contribution >= 0.6 is 0 Å². The molecule has 1 unspecified atom stereocenters. The van der Waals surface area contributed by atoms with Crippen molar-refractivity contribution in [3.63, 3.8) is 0 Å². The van der Waals surface area contributed by atoms with Gasteiger partial charge in [-0.1, -0.05) is 0 Å². The Hall–Kier alpha value is -1.53. The van der Waals surface area contributed by atoms with Gasteiger partial charge < -0.3 is 9.84 Å². The number of ketones is 1. The number of likely N-dealkylation sites (tertiary alicyclic amines) is 1. The number of carbonyl (C=O) groups is 1. The van der Waals surface area contributed by atoms with Crippen LogP contribution in [0.15, 0.2) is 18.2 Å². The average Bonchev–Trinajstić information content (AvgIpc) is 2.43.